The topological polar surface area (TPSA) is 59.8 Å². The molecule has 0 spiro atoms. The van der Waals surface area contributed by atoms with E-state index in [9.17, 15) is 17.2 Å². The van der Waals surface area contributed by atoms with E-state index in [0.717, 1.165) is 22.5 Å². The average Bonchev–Trinajstić information content (AvgIpc) is 3.00. The van der Waals surface area contributed by atoms with Gasteiger partial charge in [-0.2, -0.15) is 4.31 Å². The van der Waals surface area contributed by atoms with E-state index in [2.05, 4.69) is 0 Å². The maximum absolute atomic E-state index is 13.7. The number of rotatable bonds is 8. The van der Waals surface area contributed by atoms with Crippen LogP contribution in [0.5, 0.6) is 0 Å². The summed E-state index contributed by atoms with van der Waals surface area (Å²) < 4.78 is 63.0. The van der Waals surface area contributed by atoms with E-state index >= 15 is 0 Å². The van der Waals surface area contributed by atoms with Gasteiger partial charge in [-0.15, -0.1) is 0 Å². The Balaban J connectivity index is 2.22. The Bertz CT molecular complexity index is 732. The van der Waals surface area contributed by atoms with Gasteiger partial charge in [0.1, 0.15) is 11.6 Å². The van der Waals surface area contributed by atoms with Gasteiger partial charge in [-0.25, -0.2) is 17.2 Å². The van der Waals surface area contributed by atoms with Gasteiger partial charge >= 0.3 is 0 Å². The number of halogens is 2. The Morgan fingerprint density at radius 2 is 2.04 bits per heavy atom. The zero-order valence-corrected chi connectivity index (χ0v) is 13.4. The number of furan rings is 1. The van der Waals surface area contributed by atoms with Gasteiger partial charge < -0.3 is 9.15 Å². The van der Waals surface area contributed by atoms with Crippen LogP contribution in [0.3, 0.4) is 0 Å². The van der Waals surface area contributed by atoms with Crippen molar-refractivity contribution in [2.75, 3.05) is 20.3 Å². The minimum atomic E-state index is -3.86. The molecular formula is C15H17F2NO4S. The molecule has 0 aliphatic heterocycles. The largest absolute Gasteiger partial charge is 0.472 e. The molecule has 0 saturated heterocycles. The van der Waals surface area contributed by atoms with Gasteiger partial charge in [-0.1, -0.05) is 0 Å². The fourth-order valence-electron chi connectivity index (χ4n) is 2.04. The highest BCUT2D eigenvalue weighted by molar-refractivity contribution is 7.88. The van der Waals surface area contributed by atoms with Gasteiger partial charge in [0.25, 0.3) is 0 Å². The van der Waals surface area contributed by atoms with E-state index in [1.54, 1.807) is 6.07 Å². The molecule has 23 heavy (non-hydrogen) atoms. The number of benzene rings is 1. The zero-order valence-electron chi connectivity index (χ0n) is 12.5. The second-order valence-electron chi connectivity index (χ2n) is 4.95. The molecule has 0 saturated carbocycles. The van der Waals surface area contributed by atoms with Crippen molar-refractivity contribution in [2.45, 2.75) is 12.3 Å². The van der Waals surface area contributed by atoms with Crippen molar-refractivity contribution in [1.82, 2.24) is 4.31 Å². The molecule has 0 bridgehead atoms. The lowest BCUT2D eigenvalue weighted by Crippen LogP contribution is -2.34. The molecule has 1 aromatic carbocycles. The molecule has 0 fully saturated rings. The molecule has 126 valence electrons. The number of methoxy groups -OCH3 is 1. The SMILES string of the molecule is COCCN(Cc1ccoc1)S(=O)(=O)Cc1cc(F)ccc1F. The van der Waals surface area contributed by atoms with Gasteiger partial charge in [0.15, 0.2) is 0 Å². The predicted molar refractivity (Wildman–Crippen MR) is 80.0 cm³/mol. The quantitative estimate of drug-likeness (QED) is 0.738. The van der Waals surface area contributed by atoms with E-state index in [-0.39, 0.29) is 25.3 Å². The highest BCUT2D eigenvalue weighted by Gasteiger charge is 2.24. The third kappa shape index (κ3) is 4.85. The van der Waals surface area contributed by atoms with Crippen molar-refractivity contribution < 1.29 is 26.4 Å². The molecule has 8 heteroatoms. The summed E-state index contributed by atoms with van der Waals surface area (Å²) in [6, 6.07) is 4.38. The first-order valence-corrected chi connectivity index (χ1v) is 8.45. The second kappa shape index (κ2) is 7.67. The molecule has 0 aliphatic carbocycles. The lowest BCUT2D eigenvalue weighted by atomic mass is 10.2. The monoisotopic (exact) mass is 345 g/mol. The molecule has 0 aliphatic rings. The van der Waals surface area contributed by atoms with Gasteiger partial charge in [-0.05, 0) is 24.3 Å². The third-order valence-corrected chi connectivity index (χ3v) is 5.00. The Kier molecular flexibility index (Phi) is 5.86. The van der Waals surface area contributed by atoms with E-state index in [1.165, 1.54) is 19.6 Å². The van der Waals surface area contributed by atoms with Crippen LogP contribution in [0.1, 0.15) is 11.1 Å². The van der Waals surface area contributed by atoms with Crippen molar-refractivity contribution in [2.24, 2.45) is 0 Å². The summed E-state index contributed by atoms with van der Waals surface area (Å²) in [5.41, 5.74) is 0.448. The number of nitrogens with zero attached hydrogens (tertiary/aromatic N) is 1. The Morgan fingerprint density at radius 1 is 1.26 bits per heavy atom. The highest BCUT2D eigenvalue weighted by Crippen LogP contribution is 2.18. The van der Waals surface area contributed by atoms with Crippen LogP contribution in [-0.2, 0) is 27.1 Å². The van der Waals surface area contributed by atoms with E-state index < -0.39 is 27.4 Å². The van der Waals surface area contributed by atoms with Gasteiger partial charge in [0.2, 0.25) is 10.0 Å². The first-order valence-electron chi connectivity index (χ1n) is 6.84. The maximum atomic E-state index is 13.7. The molecule has 2 aromatic rings. The number of ether oxygens (including phenoxy) is 1. The Labute approximate surface area is 133 Å². The fraction of sp³-hybridized carbons (Fsp3) is 0.333. The van der Waals surface area contributed by atoms with Gasteiger partial charge in [0, 0.05) is 31.3 Å². The molecule has 5 nitrogen and oxygen atoms in total. The minimum absolute atomic E-state index is 0.0686. The molecule has 0 amide bonds. The first-order chi connectivity index (χ1) is 10.9. The lowest BCUT2D eigenvalue weighted by Gasteiger charge is -2.21. The Hall–Kier alpha value is -1.77. The van der Waals surface area contributed by atoms with E-state index in [1.807, 2.05) is 0 Å². The molecule has 1 heterocycles. The van der Waals surface area contributed by atoms with E-state index in [4.69, 9.17) is 9.15 Å². The summed E-state index contributed by atoms with van der Waals surface area (Å²) >= 11 is 0. The van der Waals surface area contributed by atoms with Crippen LogP contribution in [0, 0.1) is 11.6 Å². The van der Waals surface area contributed by atoms with Crippen molar-refractivity contribution in [3.8, 4) is 0 Å². The van der Waals surface area contributed by atoms with Crippen LogP contribution in [0.4, 0.5) is 8.78 Å². The minimum Gasteiger partial charge on any atom is -0.472 e. The van der Waals surface area contributed by atoms with Crippen molar-refractivity contribution in [3.63, 3.8) is 0 Å². The predicted octanol–water partition coefficient (Wildman–Crippen LogP) is 2.54. The summed E-state index contributed by atoms with van der Waals surface area (Å²) in [7, 11) is -2.40. The van der Waals surface area contributed by atoms with Crippen LogP contribution in [0.2, 0.25) is 0 Å². The van der Waals surface area contributed by atoms with Crippen LogP contribution < -0.4 is 0 Å². The molecular weight excluding hydrogens is 328 g/mol. The summed E-state index contributed by atoms with van der Waals surface area (Å²) in [4.78, 5) is 0. The summed E-state index contributed by atoms with van der Waals surface area (Å²) in [6.07, 6.45) is 2.86. The summed E-state index contributed by atoms with van der Waals surface area (Å²) in [5, 5.41) is 0. The number of sulfonamides is 1. The molecule has 2 rings (SSSR count). The number of hydrogen-bond acceptors (Lipinski definition) is 4. The van der Waals surface area contributed by atoms with Gasteiger partial charge in [-0.3, -0.25) is 0 Å². The van der Waals surface area contributed by atoms with Gasteiger partial charge in [0.05, 0.1) is 24.9 Å². The van der Waals surface area contributed by atoms with Crippen LogP contribution >= 0.6 is 0 Å². The molecule has 1 aromatic heterocycles. The zero-order chi connectivity index (χ0) is 16.9. The van der Waals surface area contributed by atoms with Crippen molar-refractivity contribution >= 4 is 10.0 Å². The molecule has 0 N–H and O–H groups in total. The van der Waals surface area contributed by atoms with Crippen LogP contribution in [0.15, 0.2) is 41.2 Å². The lowest BCUT2D eigenvalue weighted by molar-refractivity contribution is 0.177. The summed E-state index contributed by atoms with van der Waals surface area (Å²) in [5.74, 6) is -2.07. The molecule has 0 unspecified atom stereocenters. The van der Waals surface area contributed by atoms with Crippen LogP contribution in [-0.4, -0.2) is 33.0 Å². The molecule has 0 atom stereocenters. The standard InChI is InChI=1S/C15H17F2NO4S/c1-21-7-5-18(9-12-4-6-22-10-12)23(19,20)11-13-8-14(16)2-3-15(13)17/h2-4,6,8,10H,5,7,9,11H2,1H3. The van der Waals surface area contributed by atoms with E-state index in [0.29, 0.717) is 5.56 Å². The fourth-order valence-corrected chi connectivity index (χ4v) is 3.53. The molecule has 0 radical (unpaired) electrons. The first kappa shape index (κ1) is 17.6. The second-order valence-corrected chi connectivity index (χ2v) is 6.92. The smallest absolute Gasteiger partial charge is 0.218 e. The average molecular weight is 345 g/mol. The summed E-state index contributed by atoms with van der Waals surface area (Å²) in [6.45, 7) is 0.350. The highest BCUT2D eigenvalue weighted by atomic mass is 32.2. The third-order valence-electron chi connectivity index (χ3n) is 3.22. The number of hydrogen-bond donors (Lipinski definition) is 0. The Morgan fingerprint density at radius 3 is 2.70 bits per heavy atom. The normalized spacial score (nSPS) is 12.0. The van der Waals surface area contributed by atoms with Crippen molar-refractivity contribution in [1.29, 1.82) is 0 Å². The van der Waals surface area contributed by atoms with Crippen LogP contribution in [0.25, 0.3) is 0 Å². The van der Waals surface area contributed by atoms with Crippen molar-refractivity contribution in [3.05, 3.63) is 59.6 Å². The maximum Gasteiger partial charge on any atom is 0.218 e.